The third-order valence-corrected chi connectivity index (χ3v) is 6.16. The minimum atomic E-state index is -0.127. The van der Waals surface area contributed by atoms with Crippen LogP contribution in [0.15, 0.2) is 36.9 Å². The van der Waals surface area contributed by atoms with Gasteiger partial charge in [0.1, 0.15) is 31.9 Å². The molecule has 0 unspecified atom stereocenters. The van der Waals surface area contributed by atoms with Crippen LogP contribution in [0.25, 0.3) is 0 Å². The summed E-state index contributed by atoms with van der Waals surface area (Å²) in [4.78, 5) is 3.12. The van der Waals surface area contributed by atoms with Gasteiger partial charge in [-0.05, 0) is 68.0 Å². The molecule has 7 heteroatoms. The highest BCUT2D eigenvalue weighted by Gasteiger charge is 2.37. The predicted octanol–water partition coefficient (Wildman–Crippen LogP) is 0.276. The molecular weight excluding hydrogens is 364 g/mol. The van der Waals surface area contributed by atoms with Gasteiger partial charge in [-0.3, -0.25) is 0 Å². The molecule has 2 heterocycles. The van der Waals surface area contributed by atoms with Crippen LogP contribution in [0.3, 0.4) is 0 Å². The zero-order valence-corrected chi connectivity index (χ0v) is 18.3. The van der Waals surface area contributed by atoms with Crippen molar-refractivity contribution in [2.75, 3.05) is 39.3 Å². The Kier molecular flexibility index (Phi) is 7.03. The highest BCUT2D eigenvalue weighted by Crippen LogP contribution is 2.25. The maximum Gasteiger partial charge on any atom is 0.214 e. The van der Waals surface area contributed by atoms with Crippen LogP contribution < -0.4 is 14.5 Å². The second-order valence-corrected chi connectivity index (χ2v) is 8.45. The minimum absolute atomic E-state index is 0.108. The third kappa shape index (κ3) is 4.85. The normalized spacial score (nSPS) is 21.0. The molecule has 0 spiro atoms. The number of hydrogen-bond donors (Lipinski definition) is 2. The van der Waals surface area contributed by atoms with Crippen LogP contribution in [0.4, 0.5) is 0 Å². The Morgan fingerprint density at radius 1 is 1.17 bits per heavy atom. The summed E-state index contributed by atoms with van der Waals surface area (Å²) in [5.74, 6) is 1.85. The van der Waals surface area contributed by atoms with Crippen molar-refractivity contribution in [3.63, 3.8) is 0 Å². The topological polar surface area (TPSA) is 61.7 Å². The molecule has 0 radical (unpaired) electrons. The lowest BCUT2D eigenvalue weighted by molar-refractivity contribution is -1.02. The average Bonchev–Trinajstić information content (AvgIpc) is 3.21. The molecule has 0 saturated carbocycles. The van der Waals surface area contributed by atoms with Crippen molar-refractivity contribution in [3.8, 4) is 5.75 Å². The van der Waals surface area contributed by atoms with E-state index in [-0.39, 0.29) is 11.6 Å². The van der Waals surface area contributed by atoms with E-state index in [9.17, 15) is 0 Å². The van der Waals surface area contributed by atoms with Gasteiger partial charge < -0.3 is 14.5 Å². The average molecular weight is 401 g/mol. The number of ether oxygens (including phenoxy) is 1. The molecule has 2 N–H and O–H groups in total. The van der Waals surface area contributed by atoms with Crippen molar-refractivity contribution in [2.24, 2.45) is 0 Å². The molecule has 1 fully saturated rings. The van der Waals surface area contributed by atoms with Crippen LogP contribution in [0.1, 0.15) is 51.5 Å². The van der Waals surface area contributed by atoms with E-state index in [0.29, 0.717) is 6.61 Å². The lowest BCUT2D eigenvalue weighted by atomic mass is 9.99. The van der Waals surface area contributed by atoms with Crippen LogP contribution in [0, 0.1) is 0 Å². The van der Waals surface area contributed by atoms with Crippen LogP contribution >= 0.6 is 0 Å². The van der Waals surface area contributed by atoms with Crippen LogP contribution in [-0.2, 0) is 5.54 Å². The summed E-state index contributed by atoms with van der Waals surface area (Å²) < 4.78 is 7.68. The number of benzene rings is 1. The number of aromatic nitrogens is 4. The lowest BCUT2D eigenvalue weighted by Gasteiger charge is -2.35. The first-order valence-electron chi connectivity index (χ1n) is 10.8. The lowest BCUT2D eigenvalue weighted by Crippen LogP contribution is -3.28. The summed E-state index contributed by atoms with van der Waals surface area (Å²) in [5, 5.41) is 13.0. The van der Waals surface area contributed by atoms with Gasteiger partial charge in [0.15, 0.2) is 6.04 Å². The van der Waals surface area contributed by atoms with E-state index in [1.165, 1.54) is 10.5 Å². The number of hydrogen-bond acceptors (Lipinski definition) is 4. The summed E-state index contributed by atoms with van der Waals surface area (Å²) in [6, 6.07) is 8.57. The fourth-order valence-electron chi connectivity index (χ4n) is 4.07. The number of piperazine rings is 1. The van der Waals surface area contributed by atoms with E-state index in [1.54, 1.807) is 4.90 Å². The molecule has 29 heavy (non-hydrogen) atoms. The van der Waals surface area contributed by atoms with Gasteiger partial charge in [0.25, 0.3) is 0 Å². The van der Waals surface area contributed by atoms with Crippen LogP contribution in [0.5, 0.6) is 5.75 Å². The quantitative estimate of drug-likeness (QED) is 0.594. The summed E-state index contributed by atoms with van der Waals surface area (Å²) in [6.07, 6.45) is 2.99. The summed E-state index contributed by atoms with van der Waals surface area (Å²) in [5.41, 5.74) is 1.11. The fourth-order valence-corrected chi connectivity index (χ4v) is 4.07. The van der Waals surface area contributed by atoms with Crippen molar-refractivity contribution in [1.82, 2.24) is 20.2 Å². The van der Waals surface area contributed by atoms with Crippen LogP contribution in [0.2, 0.25) is 0 Å². The molecule has 158 valence electrons. The van der Waals surface area contributed by atoms with Crippen molar-refractivity contribution in [3.05, 3.63) is 48.3 Å². The van der Waals surface area contributed by atoms with E-state index < -0.39 is 0 Å². The molecule has 1 saturated heterocycles. The minimum Gasteiger partial charge on any atom is -0.494 e. The molecule has 7 nitrogen and oxygen atoms in total. The Balaban J connectivity index is 1.95. The molecule has 3 rings (SSSR count). The Morgan fingerprint density at radius 2 is 1.86 bits per heavy atom. The summed E-state index contributed by atoms with van der Waals surface area (Å²) >= 11 is 0. The van der Waals surface area contributed by atoms with E-state index in [4.69, 9.17) is 4.74 Å². The second kappa shape index (κ2) is 9.50. The van der Waals surface area contributed by atoms with Gasteiger partial charge in [-0.2, -0.15) is 0 Å². The first-order valence-corrected chi connectivity index (χ1v) is 10.8. The van der Waals surface area contributed by atoms with Gasteiger partial charge in [-0.15, -0.1) is 5.10 Å². The van der Waals surface area contributed by atoms with Crippen molar-refractivity contribution in [1.29, 1.82) is 0 Å². The highest BCUT2D eigenvalue weighted by atomic mass is 16.5. The van der Waals surface area contributed by atoms with Gasteiger partial charge in [-0.25, -0.2) is 4.68 Å². The molecular formula is C22H36N6O+2. The number of tetrazole rings is 1. The zero-order chi connectivity index (χ0) is 20.9. The van der Waals surface area contributed by atoms with Crippen LogP contribution in [-0.4, -0.2) is 59.5 Å². The number of quaternary nitrogens is 2. The van der Waals surface area contributed by atoms with E-state index in [0.717, 1.165) is 50.7 Å². The van der Waals surface area contributed by atoms with Gasteiger partial charge in [0.05, 0.1) is 18.7 Å². The highest BCUT2D eigenvalue weighted by molar-refractivity contribution is 5.30. The van der Waals surface area contributed by atoms with Gasteiger partial charge in [0, 0.05) is 5.56 Å². The van der Waals surface area contributed by atoms with Gasteiger partial charge >= 0.3 is 0 Å². The molecule has 1 aliphatic rings. The monoisotopic (exact) mass is 400 g/mol. The maximum absolute atomic E-state index is 5.65. The number of nitrogens with zero attached hydrogens (tertiary/aromatic N) is 4. The maximum atomic E-state index is 5.65. The molecule has 1 aromatic carbocycles. The standard InChI is InChI=1S/C22H34N6O/c1-6-13-26-14-16-27(17-15-26)20(18-9-11-19(12-10-18)29-8-3)21-23-24-25-28(21)22(4,5)7-2/h6,9-12,20H,1,7-8,13-17H2,2-5H3/p+2/t20-/m0/s1. The first-order chi connectivity index (χ1) is 14.0. The molecule has 0 amide bonds. The van der Waals surface area contributed by atoms with Gasteiger partial charge in [0.2, 0.25) is 5.82 Å². The molecule has 1 aromatic heterocycles. The molecule has 0 bridgehead atoms. The van der Waals surface area contributed by atoms with E-state index in [1.807, 2.05) is 17.7 Å². The first kappa shape index (κ1) is 21.5. The van der Waals surface area contributed by atoms with Crippen molar-refractivity contribution >= 4 is 0 Å². The molecule has 0 aliphatic carbocycles. The van der Waals surface area contributed by atoms with Crippen molar-refractivity contribution in [2.45, 2.75) is 45.7 Å². The molecule has 1 aliphatic heterocycles. The smallest absolute Gasteiger partial charge is 0.214 e. The Labute approximate surface area is 174 Å². The summed E-state index contributed by atoms with van der Waals surface area (Å²) in [7, 11) is 0. The van der Waals surface area contributed by atoms with Gasteiger partial charge in [-0.1, -0.05) is 13.5 Å². The Bertz CT molecular complexity index is 777. The largest absolute Gasteiger partial charge is 0.494 e. The van der Waals surface area contributed by atoms with E-state index >= 15 is 0 Å². The number of rotatable bonds is 9. The second-order valence-electron chi connectivity index (χ2n) is 8.45. The SMILES string of the molecule is C=CC[NH+]1CC[NH+]([C@@H](c2ccc(OCC)cc2)c2nnnn2C(C)(C)CC)CC1. The van der Waals surface area contributed by atoms with Crippen molar-refractivity contribution < 1.29 is 14.5 Å². The third-order valence-electron chi connectivity index (χ3n) is 6.16. The predicted molar refractivity (Wildman–Crippen MR) is 113 cm³/mol. The van der Waals surface area contributed by atoms with E-state index in [2.05, 4.69) is 67.1 Å². The zero-order valence-electron chi connectivity index (χ0n) is 18.3. The summed E-state index contributed by atoms with van der Waals surface area (Å²) in [6.45, 7) is 18.6. The number of nitrogens with one attached hydrogen (secondary N) is 2. The Morgan fingerprint density at radius 3 is 2.45 bits per heavy atom. The Hall–Kier alpha value is -2.25. The molecule has 1 atom stereocenters. The fraction of sp³-hybridized carbons (Fsp3) is 0.591. The molecule has 2 aromatic rings.